The molecule has 0 saturated heterocycles. The summed E-state index contributed by atoms with van der Waals surface area (Å²) in [6.45, 7) is 0.583. The van der Waals surface area contributed by atoms with Gasteiger partial charge in [-0.25, -0.2) is 9.78 Å². The third kappa shape index (κ3) is 10.5. The van der Waals surface area contributed by atoms with Crippen LogP contribution in [0.4, 0.5) is 0 Å². The zero-order chi connectivity index (χ0) is 27.0. The number of aryl methyl sites for hydroxylation is 1. The third-order valence-electron chi connectivity index (χ3n) is 6.03. The summed E-state index contributed by atoms with van der Waals surface area (Å²) in [5.74, 6) is 1.96. The van der Waals surface area contributed by atoms with E-state index in [0.29, 0.717) is 23.8 Å². The van der Waals surface area contributed by atoms with Crippen molar-refractivity contribution in [2.75, 3.05) is 20.8 Å². The highest BCUT2D eigenvalue weighted by Crippen LogP contribution is 2.27. The van der Waals surface area contributed by atoms with Gasteiger partial charge in [0.2, 0.25) is 0 Å². The van der Waals surface area contributed by atoms with Crippen molar-refractivity contribution in [3.63, 3.8) is 0 Å². The fourth-order valence-corrected chi connectivity index (χ4v) is 4.79. The molecule has 0 amide bonds. The van der Waals surface area contributed by atoms with Crippen molar-refractivity contribution in [3.8, 4) is 17.2 Å². The van der Waals surface area contributed by atoms with Crippen LogP contribution in [0.25, 0.3) is 6.08 Å². The van der Waals surface area contributed by atoms with Crippen LogP contribution in [0.3, 0.4) is 0 Å². The van der Waals surface area contributed by atoms with Gasteiger partial charge < -0.3 is 19.3 Å². The number of methoxy groups -OCH3 is 2. The molecule has 0 unspecified atom stereocenters. The van der Waals surface area contributed by atoms with Gasteiger partial charge in [0, 0.05) is 16.7 Å². The normalized spacial score (nSPS) is 11.0. The Bertz CT molecular complexity index is 1160. The molecule has 0 saturated carbocycles. The summed E-state index contributed by atoms with van der Waals surface area (Å²) in [4.78, 5) is 16.8. The van der Waals surface area contributed by atoms with Gasteiger partial charge >= 0.3 is 5.97 Å². The summed E-state index contributed by atoms with van der Waals surface area (Å²) in [6, 6.07) is 20.0. The van der Waals surface area contributed by atoms with Crippen molar-refractivity contribution in [2.45, 2.75) is 55.6 Å². The second-order valence-corrected chi connectivity index (χ2v) is 9.94. The maximum absolute atomic E-state index is 11.1. The summed E-state index contributed by atoms with van der Waals surface area (Å²) in [5, 5.41) is 9.08. The lowest BCUT2D eigenvalue weighted by atomic mass is 10.0. The van der Waals surface area contributed by atoms with Crippen LogP contribution in [-0.4, -0.2) is 36.9 Å². The maximum Gasteiger partial charge on any atom is 0.328 e. The number of ether oxygens (including phenoxy) is 3. The summed E-state index contributed by atoms with van der Waals surface area (Å²) in [6.07, 6.45) is 10.5. The van der Waals surface area contributed by atoms with Crippen LogP contribution in [0.2, 0.25) is 0 Å². The lowest BCUT2D eigenvalue weighted by Gasteiger charge is -2.11. The number of aliphatic carboxylic acids is 1. The molecule has 0 atom stereocenters. The predicted octanol–water partition coefficient (Wildman–Crippen LogP) is 7.45. The average molecular weight is 536 g/mol. The molecule has 0 spiro atoms. The molecule has 1 heterocycles. The van der Waals surface area contributed by atoms with Gasteiger partial charge in [-0.3, -0.25) is 0 Å². The van der Waals surface area contributed by atoms with Crippen molar-refractivity contribution >= 4 is 23.8 Å². The van der Waals surface area contributed by atoms with Crippen LogP contribution in [0.15, 0.2) is 71.6 Å². The Balaban J connectivity index is 1.39. The summed E-state index contributed by atoms with van der Waals surface area (Å²) < 4.78 is 16.5. The van der Waals surface area contributed by atoms with Crippen LogP contribution < -0.4 is 14.2 Å². The lowest BCUT2D eigenvalue weighted by molar-refractivity contribution is -0.131. The van der Waals surface area contributed by atoms with E-state index in [0.717, 1.165) is 47.4 Å². The molecule has 0 aliphatic carbocycles. The van der Waals surface area contributed by atoms with Gasteiger partial charge in [0.1, 0.15) is 22.9 Å². The fraction of sp³-hybridized carbons (Fsp3) is 0.355. The number of nitrogens with zero attached hydrogens (tertiary/aromatic N) is 1. The van der Waals surface area contributed by atoms with E-state index in [9.17, 15) is 4.79 Å². The van der Waals surface area contributed by atoms with Gasteiger partial charge in [0.05, 0.1) is 26.5 Å². The van der Waals surface area contributed by atoms with E-state index in [1.165, 1.54) is 37.3 Å². The van der Waals surface area contributed by atoms with E-state index in [1.54, 1.807) is 26.0 Å². The van der Waals surface area contributed by atoms with E-state index in [2.05, 4.69) is 17.1 Å². The number of benzene rings is 2. The molecular weight excluding hydrogens is 498 g/mol. The Kier molecular flexibility index (Phi) is 12.6. The van der Waals surface area contributed by atoms with E-state index >= 15 is 0 Å². The second kappa shape index (κ2) is 16.4. The Morgan fingerprint density at radius 2 is 1.63 bits per heavy atom. The molecule has 3 rings (SSSR count). The number of hydrogen-bond acceptors (Lipinski definition) is 6. The number of carboxylic acids is 1. The fourth-order valence-electron chi connectivity index (χ4n) is 3.94. The number of thioether (sulfide) groups is 1. The van der Waals surface area contributed by atoms with Gasteiger partial charge in [-0.2, -0.15) is 0 Å². The zero-order valence-electron chi connectivity index (χ0n) is 22.2. The molecule has 6 nitrogen and oxygen atoms in total. The first-order valence-corrected chi connectivity index (χ1v) is 14.0. The average Bonchev–Trinajstić information content (AvgIpc) is 2.95. The molecule has 0 aliphatic heterocycles. The number of unbranched alkanes of at least 4 members (excludes halogenated alkanes) is 5. The minimum Gasteiger partial charge on any atom is -0.497 e. The quantitative estimate of drug-likeness (QED) is 0.109. The summed E-state index contributed by atoms with van der Waals surface area (Å²) in [7, 11) is 3.34. The van der Waals surface area contributed by atoms with E-state index < -0.39 is 5.97 Å². The number of rotatable bonds is 17. The van der Waals surface area contributed by atoms with Crippen LogP contribution >= 0.6 is 11.8 Å². The molecule has 3 aromatic rings. The minimum atomic E-state index is -1.01. The largest absolute Gasteiger partial charge is 0.497 e. The minimum absolute atomic E-state index is 0.537. The van der Waals surface area contributed by atoms with Crippen LogP contribution in [0, 0.1) is 0 Å². The van der Waals surface area contributed by atoms with Gasteiger partial charge in [-0.1, -0.05) is 43.9 Å². The number of carbonyl (C=O) groups is 1. The molecule has 7 heteroatoms. The first kappa shape index (κ1) is 29.1. The van der Waals surface area contributed by atoms with Crippen LogP contribution in [0.5, 0.6) is 17.2 Å². The Labute approximate surface area is 230 Å². The molecule has 0 aliphatic rings. The molecule has 0 radical (unpaired) electrons. The lowest BCUT2D eigenvalue weighted by Crippen LogP contribution is -2.02. The van der Waals surface area contributed by atoms with Gasteiger partial charge in [0.25, 0.3) is 0 Å². The second-order valence-electron chi connectivity index (χ2n) is 8.89. The van der Waals surface area contributed by atoms with Crippen molar-refractivity contribution in [1.82, 2.24) is 4.98 Å². The number of aromatic nitrogens is 1. The Hall–Kier alpha value is -3.45. The molecule has 38 heavy (non-hydrogen) atoms. The molecule has 0 fully saturated rings. The number of pyridine rings is 1. The van der Waals surface area contributed by atoms with Gasteiger partial charge in [-0.05, 0) is 73.4 Å². The summed E-state index contributed by atoms with van der Waals surface area (Å²) in [5.41, 5.74) is 2.74. The molecule has 1 aromatic heterocycles. The molecule has 2 aromatic carbocycles. The van der Waals surface area contributed by atoms with Gasteiger partial charge in [-0.15, -0.1) is 11.8 Å². The zero-order valence-corrected chi connectivity index (χ0v) is 23.0. The molecular formula is C31H37NO5S. The molecule has 0 bridgehead atoms. The van der Waals surface area contributed by atoms with Crippen molar-refractivity contribution in [3.05, 3.63) is 83.7 Å². The molecule has 202 valence electrons. The highest BCUT2D eigenvalue weighted by atomic mass is 32.2. The first-order chi connectivity index (χ1) is 18.6. The highest BCUT2D eigenvalue weighted by molar-refractivity contribution is 7.98. The van der Waals surface area contributed by atoms with Crippen molar-refractivity contribution < 1.29 is 24.1 Å². The standard InChI is InChI=1S/C31H37NO5S/c1-35-26-16-13-24(14-17-26)10-7-5-3-4-6-8-21-37-30-19-15-25(32-29(30)18-20-31(33)34)23-38-28-12-9-11-27(22-28)36-2/h9,11-20,22H,3-8,10,21,23H2,1-2H3,(H,33,34)/b20-18+. The monoisotopic (exact) mass is 535 g/mol. The van der Waals surface area contributed by atoms with E-state index in [4.69, 9.17) is 19.3 Å². The number of carboxylic acid groups (broad SMARTS) is 1. The van der Waals surface area contributed by atoms with E-state index in [-0.39, 0.29) is 0 Å². The topological polar surface area (TPSA) is 77.9 Å². The highest BCUT2D eigenvalue weighted by Gasteiger charge is 2.07. The first-order valence-electron chi connectivity index (χ1n) is 13.0. The van der Waals surface area contributed by atoms with E-state index in [1.807, 2.05) is 48.5 Å². The number of hydrogen-bond donors (Lipinski definition) is 1. The third-order valence-corrected chi connectivity index (χ3v) is 7.06. The maximum atomic E-state index is 11.1. The van der Waals surface area contributed by atoms with Crippen LogP contribution in [-0.2, 0) is 17.0 Å². The SMILES string of the molecule is COc1ccc(CCCCCCCCOc2ccc(CSc3cccc(OC)c3)nc2/C=C/C(=O)O)cc1. The Morgan fingerprint density at radius 3 is 2.37 bits per heavy atom. The van der Waals surface area contributed by atoms with Gasteiger partial charge in [0.15, 0.2) is 0 Å². The van der Waals surface area contributed by atoms with Crippen LogP contribution in [0.1, 0.15) is 55.5 Å². The van der Waals surface area contributed by atoms with Crippen molar-refractivity contribution in [1.29, 1.82) is 0 Å². The Morgan fingerprint density at radius 1 is 0.895 bits per heavy atom. The van der Waals surface area contributed by atoms with Crippen molar-refractivity contribution in [2.24, 2.45) is 0 Å². The predicted molar refractivity (Wildman–Crippen MR) is 153 cm³/mol. The smallest absolute Gasteiger partial charge is 0.328 e. The molecule has 1 N–H and O–H groups in total. The summed E-state index contributed by atoms with van der Waals surface area (Å²) >= 11 is 1.65.